The number of rotatable bonds is 4. The van der Waals surface area contributed by atoms with Crippen LogP contribution in [-0.4, -0.2) is 10.9 Å². The van der Waals surface area contributed by atoms with Crippen LogP contribution in [0.1, 0.15) is 21.0 Å². The Labute approximate surface area is 173 Å². The zero-order chi connectivity index (χ0) is 19.7. The number of hydrogen-bond acceptors (Lipinski definition) is 5. The largest absolute Gasteiger partial charge is 0.451 e. The molecule has 0 saturated carbocycles. The molecule has 0 unspecified atom stereocenters. The maximum Gasteiger partial charge on any atom is 0.293 e. The van der Waals surface area contributed by atoms with Gasteiger partial charge < -0.3 is 4.42 Å². The van der Waals surface area contributed by atoms with Gasteiger partial charge in [-0.3, -0.25) is 14.9 Å². The predicted molar refractivity (Wildman–Crippen MR) is 112 cm³/mol. The number of amides is 1. The molecule has 1 amide bonds. The van der Waals surface area contributed by atoms with E-state index in [9.17, 15) is 9.59 Å². The summed E-state index contributed by atoms with van der Waals surface area (Å²) in [7, 11) is 0. The Morgan fingerprint density at radius 2 is 1.96 bits per heavy atom. The van der Waals surface area contributed by atoms with Crippen molar-refractivity contribution in [3.8, 4) is 0 Å². The molecule has 0 aliphatic carbocycles. The minimum atomic E-state index is -0.537. The van der Waals surface area contributed by atoms with Gasteiger partial charge in [-0.1, -0.05) is 35.3 Å². The molecule has 0 radical (unpaired) electrons. The van der Waals surface area contributed by atoms with E-state index >= 15 is 0 Å². The number of para-hydroxylation sites is 1. The molecule has 2 heterocycles. The molecule has 0 saturated heterocycles. The van der Waals surface area contributed by atoms with Crippen molar-refractivity contribution < 1.29 is 9.21 Å². The van der Waals surface area contributed by atoms with Crippen molar-refractivity contribution in [3.63, 3.8) is 0 Å². The van der Waals surface area contributed by atoms with Crippen LogP contribution >= 0.6 is 34.5 Å². The molecule has 0 spiro atoms. The predicted octanol–water partition coefficient (Wildman–Crippen LogP) is 5.40. The molecular formula is C20H12Cl2N2O3S. The second kappa shape index (κ2) is 7.75. The van der Waals surface area contributed by atoms with Gasteiger partial charge >= 0.3 is 0 Å². The molecule has 1 N–H and O–H groups in total. The van der Waals surface area contributed by atoms with Gasteiger partial charge in [0.25, 0.3) is 5.91 Å². The molecule has 0 fully saturated rings. The quantitative estimate of drug-likeness (QED) is 0.470. The van der Waals surface area contributed by atoms with Crippen molar-refractivity contribution in [1.82, 2.24) is 4.98 Å². The number of fused-ring (bicyclic) bond motifs is 1. The Morgan fingerprint density at radius 3 is 2.82 bits per heavy atom. The summed E-state index contributed by atoms with van der Waals surface area (Å²) in [6.07, 6.45) is 2.20. The lowest BCUT2D eigenvalue weighted by atomic mass is 10.1. The van der Waals surface area contributed by atoms with Crippen LogP contribution in [0.15, 0.2) is 63.9 Å². The van der Waals surface area contributed by atoms with Crippen LogP contribution in [-0.2, 0) is 6.42 Å². The number of aromatic nitrogens is 1. The lowest BCUT2D eigenvalue weighted by Gasteiger charge is -2.03. The first-order chi connectivity index (χ1) is 13.5. The summed E-state index contributed by atoms with van der Waals surface area (Å²) in [4.78, 5) is 29.7. The van der Waals surface area contributed by atoms with Crippen molar-refractivity contribution in [2.75, 3.05) is 5.32 Å². The fourth-order valence-electron chi connectivity index (χ4n) is 2.69. The monoisotopic (exact) mass is 430 g/mol. The second-order valence-electron chi connectivity index (χ2n) is 5.97. The first-order valence-electron chi connectivity index (χ1n) is 8.22. The Balaban J connectivity index is 1.53. The third-order valence-corrected chi connectivity index (χ3v) is 5.52. The van der Waals surface area contributed by atoms with Gasteiger partial charge in [-0.05, 0) is 35.9 Å². The number of hydrogen-bond donors (Lipinski definition) is 1. The highest BCUT2D eigenvalue weighted by Gasteiger charge is 2.15. The van der Waals surface area contributed by atoms with Gasteiger partial charge in [-0.25, -0.2) is 4.98 Å². The normalized spacial score (nSPS) is 10.9. The van der Waals surface area contributed by atoms with Gasteiger partial charge in [0.2, 0.25) is 0 Å². The van der Waals surface area contributed by atoms with E-state index < -0.39 is 5.91 Å². The highest BCUT2D eigenvalue weighted by atomic mass is 35.5. The highest BCUT2D eigenvalue weighted by molar-refractivity contribution is 7.15. The van der Waals surface area contributed by atoms with E-state index in [0.717, 1.165) is 10.4 Å². The van der Waals surface area contributed by atoms with Crippen LogP contribution in [0.2, 0.25) is 10.0 Å². The highest BCUT2D eigenvalue weighted by Crippen LogP contribution is 2.27. The van der Waals surface area contributed by atoms with Gasteiger partial charge in [-0.2, -0.15) is 0 Å². The number of carbonyl (C=O) groups is 1. The Morgan fingerprint density at radius 1 is 1.14 bits per heavy atom. The van der Waals surface area contributed by atoms with Crippen molar-refractivity contribution >= 4 is 56.5 Å². The number of nitrogens with zero attached hydrogens (tertiary/aromatic N) is 1. The number of halogens is 2. The summed E-state index contributed by atoms with van der Waals surface area (Å²) < 4.78 is 5.54. The summed E-state index contributed by atoms with van der Waals surface area (Å²) >= 11 is 13.5. The molecule has 28 heavy (non-hydrogen) atoms. The number of anilines is 1. The maximum atomic E-state index is 12.5. The van der Waals surface area contributed by atoms with Gasteiger partial charge in [0.15, 0.2) is 16.3 Å². The minimum Gasteiger partial charge on any atom is -0.451 e. The fraction of sp³-hybridized carbons (Fsp3) is 0.0500. The van der Waals surface area contributed by atoms with Gasteiger partial charge in [0.1, 0.15) is 5.58 Å². The van der Waals surface area contributed by atoms with Crippen molar-refractivity contribution in [3.05, 3.63) is 91.2 Å². The molecule has 5 nitrogen and oxygen atoms in total. The fourth-order valence-corrected chi connectivity index (χ4v) is 3.90. The lowest BCUT2D eigenvalue weighted by molar-refractivity contribution is 0.0997. The maximum absolute atomic E-state index is 12.5. The SMILES string of the molecule is O=C(Nc1ncc(Cc2cc(Cl)ccc2Cl)s1)c1cc(=O)c2ccccc2o1. The van der Waals surface area contributed by atoms with Crippen molar-refractivity contribution in [2.24, 2.45) is 0 Å². The smallest absolute Gasteiger partial charge is 0.293 e. The first kappa shape index (κ1) is 18.7. The average Bonchev–Trinajstić information content (AvgIpc) is 3.11. The summed E-state index contributed by atoms with van der Waals surface area (Å²) in [5.74, 6) is -0.608. The Hall–Kier alpha value is -2.67. The topological polar surface area (TPSA) is 72.2 Å². The lowest BCUT2D eigenvalue weighted by Crippen LogP contribution is -2.14. The van der Waals surface area contributed by atoms with E-state index in [-0.39, 0.29) is 11.2 Å². The summed E-state index contributed by atoms with van der Waals surface area (Å²) in [5.41, 5.74) is 0.953. The molecule has 0 bridgehead atoms. The molecule has 140 valence electrons. The number of nitrogens with one attached hydrogen (secondary N) is 1. The number of benzene rings is 2. The van der Waals surface area contributed by atoms with Crippen LogP contribution < -0.4 is 10.7 Å². The van der Waals surface area contributed by atoms with E-state index in [2.05, 4.69) is 10.3 Å². The molecule has 0 atom stereocenters. The summed E-state index contributed by atoms with van der Waals surface area (Å²) in [5, 5.41) is 4.69. The van der Waals surface area contributed by atoms with Gasteiger partial charge in [0, 0.05) is 33.6 Å². The van der Waals surface area contributed by atoms with Crippen LogP contribution in [0.3, 0.4) is 0 Å². The van der Waals surface area contributed by atoms with Crippen molar-refractivity contribution in [2.45, 2.75) is 6.42 Å². The van der Waals surface area contributed by atoms with Crippen LogP contribution in [0.5, 0.6) is 0 Å². The molecule has 2 aromatic carbocycles. The van der Waals surface area contributed by atoms with Gasteiger partial charge in [-0.15, -0.1) is 11.3 Å². The van der Waals surface area contributed by atoms with Crippen molar-refractivity contribution in [1.29, 1.82) is 0 Å². The van der Waals surface area contributed by atoms with E-state index in [1.807, 2.05) is 0 Å². The molecular weight excluding hydrogens is 419 g/mol. The molecule has 4 rings (SSSR count). The molecule has 4 aromatic rings. The summed E-state index contributed by atoms with van der Waals surface area (Å²) in [6, 6.07) is 13.2. The second-order valence-corrected chi connectivity index (χ2v) is 7.93. The van der Waals surface area contributed by atoms with Crippen LogP contribution in [0, 0.1) is 0 Å². The molecule has 2 aromatic heterocycles. The molecule has 0 aliphatic rings. The Kier molecular flexibility index (Phi) is 5.17. The zero-order valence-corrected chi connectivity index (χ0v) is 16.6. The standard InChI is InChI=1S/C20H12Cl2N2O3S/c21-12-5-6-15(22)11(7-12)8-13-10-23-20(28-13)24-19(26)18-9-16(25)14-3-1-2-4-17(14)27-18/h1-7,9-10H,8H2,(H,23,24,26). The van der Waals surface area contributed by atoms with Gasteiger partial charge in [0.05, 0.1) is 5.39 Å². The van der Waals surface area contributed by atoms with Crippen LogP contribution in [0.25, 0.3) is 11.0 Å². The average molecular weight is 431 g/mol. The van der Waals surface area contributed by atoms with E-state index in [1.165, 1.54) is 17.4 Å². The van der Waals surface area contributed by atoms with E-state index in [1.54, 1.807) is 48.7 Å². The number of carbonyl (C=O) groups excluding carboxylic acids is 1. The minimum absolute atomic E-state index is 0.0710. The van der Waals surface area contributed by atoms with E-state index in [4.69, 9.17) is 27.6 Å². The Bertz CT molecular complexity index is 1250. The summed E-state index contributed by atoms with van der Waals surface area (Å²) in [6.45, 7) is 0. The molecule has 8 heteroatoms. The zero-order valence-electron chi connectivity index (χ0n) is 14.2. The third kappa shape index (κ3) is 3.94. The number of thiazole rings is 1. The van der Waals surface area contributed by atoms with E-state index in [0.29, 0.717) is 32.6 Å². The first-order valence-corrected chi connectivity index (χ1v) is 9.80. The van der Waals surface area contributed by atoms with Crippen LogP contribution in [0.4, 0.5) is 5.13 Å². The third-order valence-electron chi connectivity index (χ3n) is 4.00. The molecule has 0 aliphatic heterocycles.